The highest BCUT2D eigenvalue weighted by molar-refractivity contribution is 5.88. The lowest BCUT2D eigenvalue weighted by Gasteiger charge is -2.14. The Bertz CT molecular complexity index is 1380. The zero-order valence-corrected chi connectivity index (χ0v) is 20.2. The van der Waals surface area contributed by atoms with Gasteiger partial charge in [0.2, 0.25) is 0 Å². The van der Waals surface area contributed by atoms with Gasteiger partial charge >= 0.3 is 12.4 Å². The molecule has 0 bridgehead atoms. The summed E-state index contributed by atoms with van der Waals surface area (Å²) < 4.78 is 96.0. The molecule has 2 heterocycles. The average molecular weight is 538 g/mol. The van der Waals surface area contributed by atoms with Crippen LogP contribution in [0.5, 0.6) is 11.5 Å². The number of nitrogens with zero attached hydrogens (tertiary/aromatic N) is 1. The van der Waals surface area contributed by atoms with Gasteiger partial charge in [0.1, 0.15) is 29.4 Å². The number of alkyl halides is 6. The largest absolute Gasteiger partial charge is 0.493 e. The molecule has 2 aromatic heterocycles. The number of hydrogen-bond acceptors (Lipinski definition) is 5. The van der Waals surface area contributed by atoms with Crippen LogP contribution in [0.4, 0.5) is 26.3 Å². The third-order valence-corrected chi connectivity index (χ3v) is 5.97. The van der Waals surface area contributed by atoms with Crippen molar-refractivity contribution >= 4 is 11.0 Å². The van der Waals surface area contributed by atoms with E-state index in [2.05, 4.69) is 4.98 Å². The molecule has 4 aromatic rings. The highest BCUT2D eigenvalue weighted by Crippen LogP contribution is 2.39. The predicted octanol–water partition coefficient (Wildman–Crippen LogP) is 7.22. The third-order valence-electron chi connectivity index (χ3n) is 5.97. The molecule has 0 saturated heterocycles. The van der Waals surface area contributed by atoms with Crippen LogP contribution in [0.25, 0.3) is 11.0 Å². The molecule has 0 atom stereocenters. The molecule has 0 radical (unpaired) electrons. The van der Waals surface area contributed by atoms with Crippen molar-refractivity contribution in [2.75, 3.05) is 6.61 Å². The van der Waals surface area contributed by atoms with Crippen molar-refractivity contribution in [1.82, 2.24) is 4.98 Å². The number of hydrogen-bond donors (Lipinski definition) is 1. The Morgan fingerprint density at radius 2 is 1.63 bits per heavy atom. The molecule has 2 N–H and O–H groups in total. The Labute approximate surface area is 214 Å². The monoisotopic (exact) mass is 538 g/mol. The van der Waals surface area contributed by atoms with Crippen LogP contribution < -0.4 is 15.2 Å². The lowest BCUT2D eigenvalue weighted by atomic mass is 10.1. The van der Waals surface area contributed by atoms with Crippen LogP contribution in [0, 0.1) is 6.92 Å². The van der Waals surface area contributed by atoms with Gasteiger partial charge in [0.05, 0.1) is 23.1 Å². The van der Waals surface area contributed by atoms with Crippen molar-refractivity contribution in [3.63, 3.8) is 0 Å². The molecule has 2 aromatic carbocycles. The molecule has 11 heteroatoms. The number of benzene rings is 2. The second-order valence-electron chi connectivity index (χ2n) is 8.58. The normalized spacial score (nSPS) is 12.2. The van der Waals surface area contributed by atoms with Crippen molar-refractivity contribution < 1.29 is 40.2 Å². The summed E-state index contributed by atoms with van der Waals surface area (Å²) in [6.45, 7) is 2.10. The summed E-state index contributed by atoms with van der Waals surface area (Å²) in [5.74, 6) is 0.214. The zero-order valence-electron chi connectivity index (χ0n) is 20.2. The number of fused-ring (bicyclic) bond motifs is 1. The van der Waals surface area contributed by atoms with Crippen molar-refractivity contribution in [2.24, 2.45) is 5.73 Å². The Morgan fingerprint density at radius 1 is 0.921 bits per heavy atom. The Morgan fingerprint density at radius 3 is 2.29 bits per heavy atom. The Balaban J connectivity index is 1.49. The molecule has 4 rings (SSSR count). The third kappa shape index (κ3) is 6.21. The van der Waals surface area contributed by atoms with Gasteiger partial charge in [0.15, 0.2) is 0 Å². The Kier molecular flexibility index (Phi) is 7.86. The van der Waals surface area contributed by atoms with E-state index in [0.29, 0.717) is 60.4 Å². The molecule has 0 aliphatic heterocycles. The fourth-order valence-electron chi connectivity index (χ4n) is 4.03. The van der Waals surface area contributed by atoms with Crippen molar-refractivity contribution in [1.29, 1.82) is 0 Å². The van der Waals surface area contributed by atoms with Crippen molar-refractivity contribution in [3.8, 4) is 11.5 Å². The van der Waals surface area contributed by atoms with E-state index in [-0.39, 0.29) is 18.4 Å². The summed E-state index contributed by atoms with van der Waals surface area (Å²) in [5.41, 5.74) is 5.77. The first-order chi connectivity index (χ1) is 18.0. The van der Waals surface area contributed by atoms with E-state index in [1.54, 1.807) is 31.3 Å². The maximum atomic E-state index is 13.1. The first-order valence-electron chi connectivity index (χ1n) is 11.7. The summed E-state index contributed by atoms with van der Waals surface area (Å²) in [7, 11) is 0. The summed E-state index contributed by atoms with van der Waals surface area (Å²) in [4.78, 5) is 4.36. The lowest BCUT2D eigenvalue weighted by Crippen LogP contribution is -2.11. The molecule has 5 nitrogen and oxygen atoms in total. The number of halogens is 6. The SMILES string of the molecule is Cc1c(COc2cc(C(F)(F)F)cc(C(F)(F)F)c2)oc2cccc(OCCCc3ncccc3CN)c12. The molecule has 38 heavy (non-hydrogen) atoms. The molecule has 0 spiro atoms. The van der Waals surface area contributed by atoms with Crippen LogP contribution in [-0.2, 0) is 31.9 Å². The van der Waals surface area contributed by atoms with Crippen LogP contribution in [-0.4, -0.2) is 11.6 Å². The van der Waals surface area contributed by atoms with E-state index in [9.17, 15) is 26.3 Å². The van der Waals surface area contributed by atoms with Crippen LogP contribution in [0.1, 0.15) is 40.1 Å². The standard InChI is InChI=1S/C27H24F6N2O3/c1-16-24(15-37-20-12-18(26(28,29)30)11-19(13-20)27(31,32)33)38-23-8-2-7-22(25(16)23)36-10-4-6-21-17(14-34)5-3-9-35-21/h2-3,5,7-9,11-13H,4,6,10,14-15,34H2,1H3. The van der Waals surface area contributed by atoms with E-state index in [0.717, 1.165) is 11.3 Å². The molecule has 0 saturated carbocycles. The fourth-order valence-corrected chi connectivity index (χ4v) is 4.03. The minimum atomic E-state index is -4.97. The number of ether oxygens (including phenoxy) is 2. The topological polar surface area (TPSA) is 70.5 Å². The first-order valence-corrected chi connectivity index (χ1v) is 11.7. The van der Waals surface area contributed by atoms with E-state index < -0.39 is 29.2 Å². The number of nitrogens with two attached hydrogens (primary N) is 1. The van der Waals surface area contributed by atoms with E-state index in [1.165, 1.54) is 0 Å². The molecular weight excluding hydrogens is 514 g/mol. The van der Waals surface area contributed by atoms with Crippen molar-refractivity contribution in [3.05, 3.63) is 88.4 Å². The highest BCUT2D eigenvalue weighted by Gasteiger charge is 2.37. The summed E-state index contributed by atoms with van der Waals surface area (Å²) >= 11 is 0. The molecule has 0 aliphatic rings. The number of aromatic nitrogens is 1. The van der Waals surface area contributed by atoms with Gasteiger partial charge in [-0.3, -0.25) is 4.98 Å². The molecule has 202 valence electrons. The van der Waals surface area contributed by atoms with Gasteiger partial charge in [0.25, 0.3) is 0 Å². The van der Waals surface area contributed by atoms with Gasteiger partial charge in [-0.1, -0.05) is 12.1 Å². The highest BCUT2D eigenvalue weighted by atomic mass is 19.4. The van der Waals surface area contributed by atoms with Gasteiger partial charge in [-0.15, -0.1) is 0 Å². The van der Waals surface area contributed by atoms with E-state index >= 15 is 0 Å². The van der Waals surface area contributed by atoms with E-state index in [4.69, 9.17) is 19.6 Å². The fraction of sp³-hybridized carbons (Fsp3) is 0.296. The quantitative estimate of drug-likeness (QED) is 0.180. The number of pyridine rings is 1. The summed E-state index contributed by atoms with van der Waals surface area (Å²) in [5, 5.41) is 0.645. The second-order valence-corrected chi connectivity index (χ2v) is 8.58. The van der Waals surface area contributed by atoms with E-state index in [1.807, 2.05) is 12.1 Å². The molecule has 0 unspecified atom stereocenters. The maximum Gasteiger partial charge on any atom is 0.416 e. The van der Waals surface area contributed by atoms with Gasteiger partial charge in [-0.05, 0) is 61.7 Å². The minimum absolute atomic E-state index is 0.0492. The average Bonchev–Trinajstić information content (AvgIpc) is 3.20. The van der Waals surface area contributed by atoms with Crippen LogP contribution >= 0.6 is 0 Å². The summed E-state index contributed by atoms with van der Waals surface area (Å²) in [6.07, 6.45) is -6.89. The van der Waals surface area contributed by atoms with Crippen LogP contribution in [0.3, 0.4) is 0 Å². The minimum Gasteiger partial charge on any atom is -0.493 e. The van der Waals surface area contributed by atoms with Gasteiger partial charge < -0.3 is 19.6 Å². The number of furan rings is 1. The molecule has 0 fully saturated rings. The Hall–Kier alpha value is -3.73. The first kappa shape index (κ1) is 27.3. The molecular formula is C27H24F6N2O3. The zero-order chi connectivity index (χ0) is 27.5. The van der Waals surface area contributed by atoms with Gasteiger partial charge in [-0.2, -0.15) is 26.3 Å². The molecule has 0 amide bonds. The lowest BCUT2D eigenvalue weighted by molar-refractivity contribution is -0.143. The number of rotatable bonds is 9. The second kappa shape index (κ2) is 10.9. The van der Waals surface area contributed by atoms with Crippen LogP contribution in [0.2, 0.25) is 0 Å². The number of aryl methyl sites for hydroxylation is 2. The predicted molar refractivity (Wildman–Crippen MR) is 128 cm³/mol. The van der Waals surface area contributed by atoms with Crippen molar-refractivity contribution in [2.45, 2.75) is 45.3 Å². The van der Waals surface area contributed by atoms with Crippen LogP contribution in [0.15, 0.2) is 59.1 Å². The summed E-state index contributed by atoms with van der Waals surface area (Å²) in [6, 6.07) is 10.0. The smallest absolute Gasteiger partial charge is 0.416 e. The maximum absolute atomic E-state index is 13.1. The van der Waals surface area contributed by atoms with Gasteiger partial charge in [-0.25, -0.2) is 0 Å². The van der Waals surface area contributed by atoms with Gasteiger partial charge in [0, 0.05) is 24.0 Å². The molecule has 0 aliphatic carbocycles.